The van der Waals surface area contributed by atoms with Crippen LogP contribution in [0, 0.1) is 33.3 Å². The number of amides is 1. The Bertz CT molecular complexity index is 879. The normalized spacial score (nSPS) is 9.24. The lowest BCUT2D eigenvalue weighted by Crippen LogP contribution is -2.24. The van der Waals surface area contributed by atoms with Gasteiger partial charge in [-0.25, -0.2) is 9.78 Å². The predicted octanol–water partition coefficient (Wildman–Crippen LogP) is 2.14. The third-order valence-corrected chi connectivity index (χ3v) is 2.94. The summed E-state index contributed by atoms with van der Waals surface area (Å²) in [4.78, 5) is 25.3. The summed E-state index contributed by atoms with van der Waals surface area (Å²) in [6, 6.07) is 12.0. The minimum absolute atomic E-state index is 0.00141. The fourth-order valence-electron chi connectivity index (χ4n) is 1.78. The minimum Gasteiger partial charge on any atom is -0.445 e. The molecule has 0 aliphatic carbocycles. The Labute approximate surface area is 143 Å². The van der Waals surface area contributed by atoms with E-state index in [2.05, 4.69) is 22.1 Å². The lowest BCUT2D eigenvalue weighted by molar-refractivity contribution is -0.385. The molecule has 0 aliphatic heterocycles. The first-order chi connectivity index (χ1) is 12.1. The Morgan fingerprint density at radius 1 is 1.36 bits per heavy atom. The van der Waals surface area contributed by atoms with Crippen molar-refractivity contribution < 1.29 is 14.5 Å². The molecule has 0 unspecified atom stereocenters. The zero-order valence-corrected chi connectivity index (χ0v) is 12.9. The molecule has 124 valence electrons. The van der Waals surface area contributed by atoms with E-state index in [0.717, 1.165) is 11.6 Å². The minimum atomic E-state index is -0.698. The van der Waals surface area contributed by atoms with Crippen LogP contribution in [0.1, 0.15) is 16.8 Å². The van der Waals surface area contributed by atoms with Crippen LogP contribution in [-0.2, 0) is 11.3 Å². The molecule has 0 aliphatic rings. The zero-order valence-electron chi connectivity index (χ0n) is 12.9. The van der Waals surface area contributed by atoms with Crippen LogP contribution in [0.25, 0.3) is 0 Å². The smallest absolute Gasteiger partial charge is 0.408 e. The van der Waals surface area contributed by atoms with Gasteiger partial charge in [0.15, 0.2) is 0 Å². The Morgan fingerprint density at radius 2 is 2.12 bits per heavy atom. The van der Waals surface area contributed by atoms with Crippen LogP contribution >= 0.6 is 0 Å². The second-order valence-electron chi connectivity index (χ2n) is 4.68. The highest BCUT2D eigenvalue weighted by molar-refractivity contribution is 5.67. The summed E-state index contributed by atoms with van der Waals surface area (Å²) in [7, 11) is 0. The van der Waals surface area contributed by atoms with Crippen molar-refractivity contribution in [2.24, 2.45) is 0 Å². The number of rotatable bonds is 4. The Hall–Kier alpha value is -3.91. The van der Waals surface area contributed by atoms with E-state index in [-0.39, 0.29) is 24.4 Å². The molecule has 2 rings (SSSR count). The van der Waals surface area contributed by atoms with E-state index in [1.54, 1.807) is 6.07 Å². The van der Waals surface area contributed by atoms with Gasteiger partial charge < -0.3 is 10.1 Å². The molecule has 1 aromatic carbocycles. The van der Waals surface area contributed by atoms with Crippen LogP contribution in [0.2, 0.25) is 0 Å². The van der Waals surface area contributed by atoms with Crippen LogP contribution in [0.5, 0.6) is 0 Å². The highest BCUT2D eigenvalue weighted by atomic mass is 16.6. The molecule has 25 heavy (non-hydrogen) atoms. The molecule has 0 fully saturated rings. The molecule has 0 spiro atoms. The molecule has 1 N–H and O–H groups in total. The average molecular weight is 336 g/mol. The largest absolute Gasteiger partial charge is 0.445 e. The van der Waals surface area contributed by atoms with Crippen LogP contribution in [0.15, 0.2) is 42.6 Å². The van der Waals surface area contributed by atoms with Gasteiger partial charge in [0, 0.05) is 17.8 Å². The number of carbonyl (C=O) groups is 1. The van der Waals surface area contributed by atoms with E-state index < -0.39 is 16.7 Å². The second-order valence-corrected chi connectivity index (χ2v) is 4.68. The summed E-state index contributed by atoms with van der Waals surface area (Å²) in [5.41, 5.74) is 0.438. The van der Waals surface area contributed by atoms with E-state index in [1.807, 2.05) is 30.3 Å². The number of ether oxygens (including phenoxy) is 1. The molecule has 8 nitrogen and oxygen atoms in total. The summed E-state index contributed by atoms with van der Waals surface area (Å²) >= 11 is 0. The highest BCUT2D eigenvalue weighted by Gasteiger charge is 2.15. The van der Waals surface area contributed by atoms with Crippen molar-refractivity contribution in [3.8, 4) is 17.9 Å². The number of nitrogens with one attached hydrogen (secondary N) is 1. The zero-order chi connectivity index (χ0) is 18.1. The number of benzene rings is 1. The van der Waals surface area contributed by atoms with Gasteiger partial charge in [0.25, 0.3) is 0 Å². The topological polar surface area (TPSA) is 118 Å². The molecule has 1 aromatic heterocycles. The van der Waals surface area contributed by atoms with E-state index >= 15 is 0 Å². The third-order valence-electron chi connectivity index (χ3n) is 2.94. The van der Waals surface area contributed by atoms with Crippen molar-refractivity contribution >= 4 is 11.8 Å². The Kier molecular flexibility index (Phi) is 6.04. The fraction of sp³-hybridized carbons (Fsp3) is 0.118. The monoisotopic (exact) mass is 336 g/mol. The summed E-state index contributed by atoms with van der Waals surface area (Å²) in [6.45, 7) is 0.146. The van der Waals surface area contributed by atoms with Gasteiger partial charge in [-0.1, -0.05) is 42.2 Å². The first-order valence-electron chi connectivity index (χ1n) is 7.08. The van der Waals surface area contributed by atoms with Crippen LogP contribution in [0.3, 0.4) is 0 Å². The standard InChI is InChI=1S/C17H12N4O4/c18-10-15-16(21(23)24)9-14(11-20-15)7-4-8-19-17(22)25-12-13-5-2-1-3-6-13/h1-3,5-6,9,11H,8,12H2,(H,19,22). The van der Waals surface area contributed by atoms with Crippen LogP contribution < -0.4 is 5.32 Å². The number of hydrogen-bond donors (Lipinski definition) is 1. The molecule has 0 bridgehead atoms. The van der Waals surface area contributed by atoms with Gasteiger partial charge in [-0.2, -0.15) is 5.26 Å². The number of hydrogen-bond acceptors (Lipinski definition) is 6. The summed E-state index contributed by atoms with van der Waals surface area (Å²) in [6.07, 6.45) is 0.633. The number of carbonyl (C=O) groups excluding carboxylic acids is 1. The van der Waals surface area contributed by atoms with Gasteiger partial charge in [0.2, 0.25) is 5.69 Å². The lowest BCUT2D eigenvalue weighted by atomic mass is 10.2. The fourth-order valence-corrected chi connectivity index (χ4v) is 1.78. The average Bonchev–Trinajstić information content (AvgIpc) is 2.64. The molecule has 8 heteroatoms. The van der Waals surface area contributed by atoms with Gasteiger partial charge in [0.05, 0.1) is 11.5 Å². The molecule has 1 amide bonds. The van der Waals surface area contributed by atoms with Gasteiger partial charge >= 0.3 is 11.8 Å². The van der Waals surface area contributed by atoms with Crippen LogP contribution in [0.4, 0.5) is 10.5 Å². The maximum Gasteiger partial charge on any atom is 0.408 e. The van der Waals surface area contributed by atoms with Gasteiger partial charge in [-0.3, -0.25) is 10.1 Å². The van der Waals surface area contributed by atoms with Crippen molar-refractivity contribution in [2.75, 3.05) is 6.54 Å². The summed E-state index contributed by atoms with van der Waals surface area (Å²) in [5, 5.41) is 22.0. The number of aromatic nitrogens is 1. The number of alkyl carbamates (subject to hydrolysis) is 1. The highest BCUT2D eigenvalue weighted by Crippen LogP contribution is 2.16. The molecule has 0 saturated carbocycles. The third kappa shape index (κ3) is 5.34. The Morgan fingerprint density at radius 3 is 2.80 bits per heavy atom. The first kappa shape index (κ1) is 17.4. The predicted molar refractivity (Wildman–Crippen MR) is 87.1 cm³/mol. The van der Waals surface area contributed by atoms with Crippen molar-refractivity contribution in [1.82, 2.24) is 10.3 Å². The van der Waals surface area contributed by atoms with Gasteiger partial charge in [-0.15, -0.1) is 0 Å². The van der Waals surface area contributed by atoms with Crippen molar-refractivity contribution in [1.29, 1.82) is 5.26 Å². The van der Waals surface area contributed by atoms with Crippen molar-refractivity contribution in [3.05, 3.63) is 69.5 Å². The van der Waals surface area contributed by atoms with Crippen LogP contribution in [-0.4, -0.2) is 22.5 Å². The Balaban J connectivity index is 1.86. The van der Waals surface area contributed by atoms with Crippen molar-refractivity contribution in [3.63, 3.8) is 0 Å². The number of pyridine rings is 1. The number of nitro groups is 1. The summed E-state index contributed by atoms with van der Waals surface area (Å²) < 4.78 is 5.01. The quantitative estimate of drug-likeness (QED) is 0.519. The number of nitrogens with zero attached hydrogens (tertiary/aromatic N) is 3. The van der Waals surface area contributed by atoms with E-state index in [0.29, 0.717) is 0 Å². The van der Waals surface area contributed by atoms with Gasteiger partial charge in [-0.05, 0) is 5.56 Å². The first-order valence-corrected chi connectivity index (χ1v) is 7.08. The second kappa shape index (κ2) is 8.65. The molecule has 0 radical (unpaired) electrons. The molecule has 2 aromatic rings. The molecular formula is C17H12N4O4. The van der Waals surface area contributed by atoms with E-state index in [9.17, 15) is 14.9 Å². The SMILES string of the molecule is N#Cc1ncc(C#CCNC(=O)OCc2ccccc2)cc1[N+](=O)[O-]. The maximum absolute atomic E-state index is 11.5. The van der Waals surface area contributed by atoms with E-state index in [4.69, 9.17) is 10.00 Å². The molecular weight excluding hydrogens is 324 g/mol. The molecule has 0 atom stereocenters. The molecule has 1 heterocycles. The lowest BCUT2D eigenvalue weighted by Gasteiger charge is -2.04. The van der Waals surface area contributed by atoms with E-state index in [1.165, 1.54) is 6.20 Å². The van der Waals surface area contributed by atoms with Crippen molar-refractivity contribution in [2.45, 2.75) is 6.61 Å². The molecule has 0 saturated heterocycles. The van der Waals surface area contributed by atoms with Gasteiger partial charge in [0.1, 0.15) is 12.7 Å². The maximum atomic E-state index is 11.5. The summed E-state index contributed by atoms with van der Waals surface area (Å²) in [5.74, 6) is 5.25. The number of nitriles is 1.